The summed E-state index contributed by atoms with van der Waals surface area (Å²) in [6.07, 6.45) is 1.88. The van der Waals surface area contributed by atoms with Gasteiger partial charge in [0.1, 0.15) is 11.3 Å². The molecule has 0 aliphatic carbocycles. The second-order valence-electron chi connectivity index (χ2n) is 4.30. The van der Waals surface area contributed by atoms with Gasteiger partial charge in [0.15, 0.2) is 0 Å². The van der Waals surface area contributed by atoms with E-state index < -0.39 is 5.97 Å². The Kier molecular flexibility index (Phi) is 3.58. The maximum Gasteiger partial charge on any atom is 0.339 e. The summed E-state index contributed by atoms with van der Waals surface area (Å²) in [7, 11) is 0. The van der Waals surface area contributed by atoms with E-state index in [4.69, 9.17) is 5.11 Å². The largest absolute Gasteiger partial charge is 0.507 e. The lowest BCUT2D eigenvalue weighted by Gasteiger charge is -2.27. The third-order valence-corrected chi connectivity index (χ3v) is 3.48. The third kappa shape index (κ3) is 2.18. The molecule has 0 saturated carbocycles. The van der Waals surface area contributed by atoms with E-state index >= 15 is 0 Å². The summed E-state index contributed by atoms with van der Waals surface area (Å²) in [5.74, 6) is -1.26. The van der Waals surface area contributed by atoms with Crippen LogP contribution in [0.15, 0.2) is 18.2 Å². The Labute approximate surface area is 95.7 Å². The van der Waals surface area contributed by atoms with E-state index in [1.807, 2.05) is 0 Å². The van der Waals surface area contributed by atoms with E-state index in [1.165, 1.54) is 6.07 Å². The molecule has 0 aliphatic heterocycles. The maximum absolute atomic E-state index is 10.9. The molecule has 88 valence electrons. The maximum atomic E-state index is 10.9. The highest BCUT2D eigenvalue weighted by molar-refractivity contribution is 5.91. The molecule has 3 nitrogen and oxygen atoms in total. The molecule has 1 aromatic rings. The Morgan fingerprint density at radius 3 is 2.31 bits per heavy atom. The molecule has 0 unspecified atom stereocenters. The third-order valence-electron chi connectivity index (χ3n) is 3.48. The first-order valence-corrected chi connectivity index (χ1v) is 5.51. The number of aromatic carboxylic acids is 1. The summed E-state index contributed by atoms with van der Waals surface area (Å²) < 4.78 is 0. The standard InChI is InChI=1S/C13H18O3/c1-4-13(3,5-2)9-6-7-11(14)10(8-9)12(15)16/h6-8,14H,4-5H2,1-3H3,(H,15,16). The first kappa shape index (κ1) is 12.6. The highest BCUT2D eigenvalue weighted by Crippen LogP contribution is 2.33. The van der Waals surface area contributed by atoms with Crippen molar-refractivity contribution in [2.24, 2.45) is 0 Å². The molecular formula is C13H18O3. The Morgan fingerprint density at radius 1 is 1.31 bits per heavy atom. The molecule has 0 atom stereocenters. The average molecular weight is 222 g/mol. The van der Waals surface area contributed by atoms with Crippen molar-refractivity contribution < 1.29 is 15.0 Å². The highest BCUT2D eigenvalue weighted by atomic mass is 16.4. The SMILES string of the molecule is CCC(C)(CC)c1ccc(O)c(C(=O)O)c1. The molecule has 16 heavy (non-hydrogen) atoms. The zero-order valence-electron chi connectivity index (χ0n) is 9.95. The molecule has 0 fully saturated rings. The molecule has 1 rings (SSSR count). The van der Waals surface area contributed by atoms with E-state index in [-0.39, 0.29) is 16.7 Å². The van der Waals surface area contributed by atoms with Gasteiger partial charge in [0, 0.05) is 0 Å². The molecule has 0 spiro atoms. The molecule has 0 radical (unpaired) electrons. The smallest absolute Gasteiger partial charge is 0.339 e. The van der Waals surface area contributed by atoms with E-state index in [0.717, 1.165) is 18.4 Å². The number of aromatic hydroxyl groups is 1. The van der Waals surface area contributed by atoms with Crippen LogP contribution in [0.2, 0.25) is 0 Å². The van der Waals surface area contributed by atoms with E-state index in [2.05, 4.69) is 20.8 Å². The van der Waals surface area contributed by atoms with Gasteiger partial charge in [-0.3, -0.25) is 0 Å². The Bertz CT molecular complexity index is 392. The van der Waals surface area contributed by atoms with Gasteiger partial charge in [-0.2, -0.15) is 0 Å². The molecule has 3 heteroatoms. The molecule has 0 heterocycles. The fraction of sp³-hybridized carbons (Fsp3) is 0.462. The summed E-state index contributed by atoms with van der Waals surface area (Å²) in [5.41, 5.74) is 0.913. The van der Waals surface area contributed by atoms with Crippen molar-refractivity contribution in [3.8, 4) is 5.75 Å². The number of carboxylic acids is 1. The van der Waals surface area contributed by atoms with Gasteiger partial charge >= 0.3 is 5.97 Å². The predicted octanol–water partition coefficient (Wildman–Crippen LogP) is 3.17. The minimum Gasteiger partial charge on any atom is -0.507 e. The summed E-state index contributed by atoms with van der Waals surface area (Å²) in [6, 6.07) is 4.84. The summed E-state index contributed by atoms with van der Waals surface area (Å²) >= 11 is 0. The quantitative estimate of drug-likeness (QED) is 0.822. The van der Waals surface area contributed by atoms with Crippen LogP contribution in [0, 0.1) is 0 Å². The first-order valence-electron chi connectivity index (χ1n) is 5.51. The van der Waals surface area contributed by atoms with Gasteiger partial charge in [-0.05, 0) is 36.0 Å². The van der Waals surface area contributed by atoms with Crippen LogP contribution in [-0.2, 0) is 5.41 Å². The molecule has 1 aromatic carbocycles. The van der Waals surface area contributed by atoms with E-state index in [9.17, 15) is 9.90 Å². The van der Waals surface area contributed by atoms with Crippen LogP contribution in [0.1, 0.15) is 49.5 Å². The van der Waals surface area contributed by atoms with Crippen LogP contribution in [0.4, 0.5) is 0 Å². The van der Waals surface area contributed by atoms with Crippen molar-refractivity contribution in [2.75, 3.05) is 0 Å². The van der Waals surface area contributed by atoms with Crippen LogP contribution in [0.3, 0.4) is 0 Å². The van der Waals surface area contributed by atoms with Crippen LogP contribution in [-0.4, -0.2) is 16.2 Å². The Hall–Kier alpha value is -1.51. The van der Waals surface area contributed by atoms with Gasteiger partial charge in [0.25, 0.3) is 0 Å². The van der Waals surface area contributed by atoms with Gasteiger partial charge in [0.05, 0.1) is 0 Å². The summed E-state index contributed by atoms with van der Waals surface area (Å²) in [4.78, 5) is 10.9. The zero-order valence-corrected chi connectivity index (χ0v) is 9.95. The Balaban J connectivity index is 3.27. The minimum atomic E-state index is -1.09. The number of hydrogen-bond donors (Lipinski definition) is 2. The fourth-order valence-corrected chi connectivity index (χ4v) is 1.74. The number of carboxylic acid groups (broad SMARTS) is 1. The van der Waals surface area contributed by atoms with E-state index in [1.54, 1.807) is 12.1 Å². The number of hydrogen-bond acceptors (Lipinski definition) is 2. The van der Waals surface area contributed by atoms with Crippen molar-refractivity contribution in [2.45, 2.75) is 39.0 Å². The summed E-state index contributed by atoms with van der Waals surface area (Å²) in [5, 5.41) is 18.4. The number of phenols is 1. The Morgan fingerprint density at radius 2 is 1.88 bits per heavy atom. The predicted molar refractivity (Wildman–Crippen MR) is 63.0 cm³/mol. The average Bonchev–Trinajstić information content (AvgIpc) is 2.28. The van der Waals surface area contributed by atoms with Crippen LogP contribution < -0.4 is 0 Å². The first-order chi connectivity index (χ1) is 7.44. The van der Waals surface area contributed by atoms with Crippen LogP contribution >= 0.6 is 0 Å². The second-order valence-corrected chi connectivity index (χ2v) is 4.30. The lowest BCUT2D eigenvalue weighted by Crippen LogP contribution is -2.20. The fourth-order valence-electron chi connectivity index (χ4n) is 1.74. The van der Waals surface area contributed by atoms with Gasteiger partial charge in [0.2, 0.25) is 0 Å². The molecule has 0 amide bonds. The lowest BCUT2D eigenvalue weighted by atomic mass is 9.77. The molecule has 0 bridgehead atoms. The summed E-state index contributed by atoms with van der Waals surface area (Å²) in [6.45, 7) is 6.26. The van der Waals surface area contributed by atoms with E-state index in [0.29, 0.717) is 0 Å². The number of rotatable bonds is 4. The van der Waals surface area contributed by atoms with Gasteiger partial charge in [-0.1, -0.05) is 26.8 Å². The lowest BCUT2D eigenvalue weighted by molar-refractivity contribution is 0.0693. The number of benzene rings is 1. The monoisotopic (exact) mass is 222 g/mol. The van der Waals surface area contributed by atoms with Gasteiger partial charge in [-0.25, -0.2) is 4.79 Å². The molecule has 2 N–H and O–H groups in total. The molecular weight excluding hydrogens is 204 g/mol. The molecule has 0 aromatic heterocycles. The highest BCUT2D eigenvalue weighted by Gasteiger charge is 2.24. The normalized spacial score (nSPS) is 11.4. The van der Waals surface area contributed by atoms with Crippen molar-refractivity contribution in [1.29, 1.82) is 0 Å². The van der Waals surface area contributed by atoms with Gasteiger partial charge < -0.3 is 10.2 Å². The van der Waals surface area contributed by atoms with Crippen LogP contribution in [0.25, 0.3) is 0 Å². The topological polar surface area (TPSA) is 57.5 Å². The minimum absolute atomic E-state index is 0.0226. The van der Waals surface area contributed by atoms with Crippen molar-refractivity contribution in [3.63, 3.8) is 0 Å². The molecule has 0 aliphatic rings. The molecule has 0 saturated heterocycles. The second kappa shape index (κ2) is 4.56. The number of carbonyl (C=O) groups is 1. The zero-order chi connectivity index (χ0) is 12.3. The van der Waals surface area contributed by atoms with Crippen molar-refractivity contribution in [3.05, 3.63) is 29.3 Å². The van der Waals surface area contributed by atoms with Crippen molar-refractivity contribution >= 4 is 5.97 Å². The van der Waals surface area contributed by atoms with Gasteiger partial charge in [-0.15, -0.1) is 0 Å². The van der Waals surface area contributed by atoms with Crippen molar-refractivity contribution in [1.82, 2.24) is 0 Å². The van der Waals surface area contributed by atoms with Crippen LogP contribution in [0.5, 0.6) is 5.75 Å².